The SMILES string of the molecule is CCCCCCCCCCCCOCCOCCOC(=O)[O-]. The molecule has 0 aromatic heterocycles. The third-order valence-electron chi connectivity index (χ3n) is 3.46. The number of carbonyl (C=O) groups excluding carboxylic acids is 1. The summed E-state index contributed by atoms with van der Waals surface area (Å²) in [6, 6.07) is 0. The molecule has 0 saturated heterocycles. The van der Waals surface area contributed by atoms with Crippen LogP contribution in [0.5, 0.6) is 0 Å². The molecule has 0 atom stereocenters. The van der Waals surface area contributed by atoms with Gasteiger partial charge < -0.3 is 24.1 Å². The predicted octanol–water partition coefficient (Wildman–Crippen LogP) is 3.30. The van der Waals surface area contributed by atoms with Gasteiger partial charge in [-0.1, -0.05) is 64.7 Å². The standard InChI is InChI=1S/C17H34O5/c1-2-3-4-5-6-7-8-9-10-11-12-20-13-14-21-15-16-22-17(18)19/h2-16H2,1H3,(H,18,19)/p-1. The summed E-state index contributed by atoms with van der Waals surface area (Å²) in [5.41, 5.74) is 0. The van der Waals surface area contributed by atoms with Gasteiger partial charge in [0.2, 0.25) is 0 Å². The fourth-order valence-electron chi connectivity index (χ4n) is 2.20. The molecule has 0 aromatic rings. The summed E-state index contributed by atoms with van der Waals surface area (Å²) in [7, 11) is 0. The number of carbonyl (C=O) groups is 1. The average Bonchev–Trinajstić information content (AvgIpc) is 2.50. The highest BCUT2D eigenvalue weighted by Crippen LogP contribution is 2.10. The van der Waals surface area contributed by atoms with E-state index in [1.807, 2.05) is 0 Å². The number of unbranched alkanes of at least 4 members (excludes halogenated alkanes) is 9. The van der Waals surface area contributed by atoms with Crippen LogP contribution in [-0.2, 0) is 14.2 Å². The van der Waals surface area contributed by atoms with Crippen molar-refractivity contribution in [1.82, 2.24) is 0 Å². The molecule has 0 aromatic carbocycles. The van der Waals surface area contributed by atoms with Crippen LogP contribution in [0.25, 0.3) is 0 Å². The lowest BCUT2D eigenvalue weighted by molar-refractivity contribution is -0.283. The van der Waals surface area contributed by atoms with Crippen molar-refractivity contribution in [2.45, 2.75) is 71.1 Å². The van der Waals surface area contributed by atoms with E-state index in [1.54, 1.807) is 0 Å². The Hall–Kier alpha value is -0.810. The maximum absolute atomic E-state index is 9.95. The molecule has 0 amide bonds. The lowest BCUT2D eigenvalue weighted by atomic mass is 10.1. The number of ether oxygens (including phenoxy) is 3. The van der Waals surface area contributed by atoms with Gasteiger partial charge in [-0.05, 0) is 6.42 Å². The van der Waals surface area contributed by atoms with E-state index in [9.17, 15) is 9.90 Å². The monoisotopic (exact) mass is 317 g/mol. The number of rotatable bonds is 17. The van der Waals surface area contributed by atoms with Crippen LogP contribution in [0.15, 0.2) is 0 Å². The van der Waals surface area contributed by atoms with Crippen molar-refractivity contribution >= 4 is 6.16 Å². The normalized spacial score (nSPS) is 10.8. The summed E-state index contributed by atoms with van der Waals surface area (Å²) in [6.07, 6.45) is 11.7. The minimum Gasteiger partial charge on any atom is -0.547 e. The Kier molecular flexibility index (Phi) is 17.6. The first-order valence-electron chi connectivity index (χ1n) is 8.76. The van der Waals surface area contributed by atoms with Gasteiger partial charge in [-0.3, -0.25) is 0 Å². The van der Waals surface area contributed by atoms with E-state index < -0.39 is 6.16 Å². The molecule has 0 aliphatic heterocycles. The van der Waals surface area contributed by atoms with E-state index in [4.69, 9.17) is 9.47 Å². The molecule has 0 bridgehead atoms. The third kappa shape index (κ3) is 19.2. The number of hydrogen-bond donors (Lipinski definition) is 0. The fourth-order valence-corrected chi connectivity index (χ4v) is 2.20. The topological polar surface area (TPSA) is 67.8 Å². The Balaban J connectivity index is 2.95. The Bertz CT molecular complexity index is 233. The molecule has 0 radical (unpaired) electrons. The highest BCUT2D eigenvalue weighted by Gasteiger charge is 1.94. The van der Waals surface area contributed by atoms with Gasteiger partial charge in [0.1, 0.15) is 0 Å². The van der Waals surface area contributed by atoms with Gasteiger partial charge in [-0.2, -0.15) is 0 Å². The zero-order valence-electron chi connectivity index (χ0n) is 14.1. The van der Waals surface area contributed by atoms with Gasteiger partial charge in [0.25, 0.3) is 6.16 Å². The molecule has 0 N–H and O–H groups in total. The smallest absolute Gasteiger partial charge is 0.252 e. The molecule has 0 rings (SSSR count). The average molecular weight is 317 g/mol. The molecule has 0 aliphatic rings. The Morgan fingerprint density at radius 3 is 1.68 bits per heavy atom. The molecule has 0 heterocycles. The Labute approximate surface area is 135 Å². The molecular formula is C17H33O5-. The molecule has 0 saturated carbocycles. The zero-order valence-corrected chi connectivity index (χ0v) is 14.1. The quantitative estimate of drug-likeness (QED) is 0.304. The van der Waals surface area contributed by atoms with Crippen molar-refractivity contribution in [1.29, 1.82) is 0 Å². The lowest BCUT2D eigenvalue weighted by Gasteiger charge is -2.09. The van der Waals surface area contributed by atoms with Crippen molar-refractivity contribution in [3.05, 3.63) is 0 Å². The largest absolute Gasteiger partial charge is 0.547 e. The summed E-state index contributed by atoms with van der Waals surface area (Å²) < 4.78 is 14.8. The van der Waals surface area contributed by atoms with E-state index in [2.05, 4.69) is 11.7 Å². The first-order valence-corrected chi connectivity index (χ1v) is 8.76. The minimum atomic E-state index is -1.51. The summed E-state index contributed by atoms with van der Waals surface area (Å²) >= 11 is 0. The first kappa shape index (κ1) is 21.2. The van der Waals surface area contributed by atoms with Gasteiger partial charge in [0, 0.05) is 6.61 Å². The van der Waals surface area contributed by atoms with Gasteiger partial charge in [0.15, 0.2) is 0 Å². The summed E-state index contributed by atoms with van der Waals surface area (Å²) in [4.78, 5) is 9.95. The van der Waals surface area contributed by atoms with Gasteiger partial charge in [0.05, 0.1) is 26.4 Å². The van der Waals surface area contributed by atoms with Crippen molar-refractivity contribution in [3.8, 4) is 0 Å². The van der Waals surface area contributed by atoms with Crippen LogP contribution in [0.4, 0.5) is 4.79 Å². The van der Waals surface area contributed by atoms with Crippen molar-refractivity contribution in [3.63, 3.8) is 0 Å². The molecule has 22 heavy (non-hydrogen) atoms. The number of carboxylic acid groups (broad SMARTS) is 1. The fraction of sp³-hybridized carbons (Fsp3) is 0.941. The summed E-state index contributed by atoms with van der Waals surface area (Å²) in [5.74, 6) is 0. The van der Waals surface area contributed by atoms with Crippen LogP contribution < -0.4 is 5.11 Å². The van der Waals surface area contributed by atoms with Gasteiger partial charge >= 0.3 is 0 Å². The molecule has 0 fully saturated rings. The highest BCUT2D eigenvalue weighted by atomic mass is 16.7. The molecule has 5 heteroatoms. The number of hydrogen-bond acceptors (Lipinski definition) is 5. The maximum atomic E-state index is 9.95. The van der Waals surface area contributed by atoms with Crippen LogP contribution in [0.2, 0.25) is 0 Å². The second-order valence-electron chi connectivity index (χ2n) is 5.51. The first-order chi connectivity index (χ1) is 10.8. The minimum absolute atomic E-state index is 0.0147. The van der Waals surface area contributed by atoms with E-state index in [0.29, 0.717) is 13.2 Å². The molecule has 132 valence electrons. The van der Waals surface area contributed by atoms with Gasteiger partial charge in [-0.25, -0.2) is 0 Å². The molecule has 5 nitrogen and oxygen atoms in total. The molecule has 0 unspecified atom stereocenters. The van der Waals surface area contributed by atoms with E-state index in [1.165, 1.54) is 57.8 Å². The van der Waals surface area contributed by atoms with Gasteiger partial charge in [-0.15, -0.1) is 0 Å². The predicted molar refractivity (Wildman–Crippen MR) is 84.8 cm³/mol. The van der Waals surface area contributed by atoms with E-state index in [0.717, 1.165) is 13.0 Å². The molecule has 0 spiro atoms. The Morgan fingerprint density at radius 2 is 1.14 bits per heavy atom. The molecule has 0 aliphatic carbocycles. The Morgan fingerprint density at radius 1 is 0.682 bits per heavy atom. The third-order valence-corrected chi connectivity index (χ3v) is 3.46. The summed E-state index contributed by atoms with van der Waals surface area (Å²) in [5, 5.41) is 9.95. The highest BCUT2D eigenvalue weighted by molar-refractivity contribution is 5.53. The van der Waals surface area contributed by atoms with Crippen molar-refractivity contribution < 1.29 is 24.1 Å². The van der Waals surface area contributed by atoms with Crippen LogP contribution in [-0.4, -0.2) is 39.2 Å². The van der Waals surface area contributed by atoms with E-state index in [-0.39, 0.29) is 13.2 Å². The van der Waals surface area contributed by atoms with Crippen molar-refractivity contribution in [2.24, 2.45) is 0 Å². The second kappa shape index (κ2) is 18.2. The molecular weight excluding hydrogens is 284 g/mol. The van der Waals surface area contributed by atoms with Crippen LogP contribution in [0, 0.1) is 0 Å². The zero-order chi connectivity index (χ0) is 16.3. The van der Waals surface area contributed by atoms with Crippen LogP contribution in [0.3, 0.4) is 0 Å². The lowest BCUT2D eigenvalue weighted by Crippen LogP contribution is -2.25. The summed E-state index contributed by atoms with van der Waals surface area (Å²) in [6.45, 7) is 4.29. The maximum Gasteiger partial charge on any atom is 0.252 e. The van der Waals surface area contributed by atoms with Crippen LogP contribution in [0.1, 0.15) is 71.1 Å². The van der Waals surface area contributed by atoms with Crippen LogP contribution >= 0.6 is 0 Å². The second-order valence-corrected chi connectivity index (χ2v) is 5.51. The van der Waals surface area contributed by atoms with Crippen molar-refractivity contribution in [2.75, 3.05) is 33.0 Å². The van der Waals surface area contributed by atoms with E-state index >= 15 is 0 Å².